The number of rotatable bonds is 8. The Morgan fingerprint density at radius 1 is 1.19 bits per heavy atom. The normalized spacial score (nSPS) is 24.9. The smallest absolute Gasteiger partial charge is 0.414 e. The number of carbonyl (C=O) groups excluding carboxylic acids is 2. The van der Waals surface area contributed by atoms with Crippen LogP contribution in [0.15, 0.2) is 30.3 Å². The van der Waals surface area contributed by atoms with Crippen LogP contribution in [0.3, 0.4) is 0 Å². The van der Waals surface area contributed by atoms with Gasteiger partial charge in [0, 0.05) is 30.4 Å². The summed E-state index contributed by atoms with van der Waals surface area (Å²) in [6, 6.07) is 10.6. The van der Waals surface area contributed by atoms with Crippen molar-refractivity contribution in [3.63, 3.8) is 0 Å². The quantitative estimate of drug-likeness (QED) is 0.386. The third-order valence-corrected chi connectivity index (χ3v) is 11.3. The van der Waals surface area contributed by atoms with Crippen molar-refractivity contribution < 1.29 is 19.4 Å². The van der Waals surface area contributed by atoms with Gasteiger partial charge in [0.2, 0.25) is 0 Å². The van der Waals surface area contributed by atoms with Gasteiger partial charge in [0.1, 0.15) is 17.0 Å². The molecule has 3 aromatic rings. The standard InChI is InChI=1S/C32H39N5O4S/c1-32(9-10-32)21-16-20-17-26-29(42-30(34-26)28(33)39)35-27(20)25(18-21)24(8-13-36-11-6-23(38)7-12-36)19-2-4-22(5-3-19)37-14-15-41-31(37)40/h2-5,17,21,23-25,38H,6-16,18H2,1H3,(H2,33,39)/t21?,24-,25?/m0/s1. The average Bonchev–Trinajstić information content (AvgIpc) is 3.38. The number of benzene rings is 1. The molecule has 3 atom stereocenters. The molecule has 3 fully saturated rings. The zero-order chi connectivity index (χ0) is 29.0. The molecule has 42 heavy (non-hydrogen) atoms. The zero-order valence-corrected chi connectivity index (χ0v) is 24.9. The molecule has 2 amide bonds. The van der Waals surface area contributed by atoms with E-state index in [1.165, 1.54) is 35.3 Å². The highest BCUT2D eigenvalue weighted by Crippen LogP contribution is 2.59. The predicted molar refractivity (Wildman–Crippen MR) is 162 cm³/mol. The van der Waals surface area contributed by atoms with Gasteiger partial charge in [0.25, 0.3) is 5.91 Å². The van der Waals surface area contributed by atoms with E-state index in [9.17, 15) is 14.7 Å². The van der Waals surface area contributed by atoms with E-state index in [1.807, 2.05) is 0 Å². The third kappa shape index (κ3) is 5.29. The van der Waals surface area contributed by atoms with Crippen LogP contribution in [0.4, 0.5) is 10.5 Å². The van der Waals surface area contributed by atoms with Gasteiger partial charge >= 0.3 is 6.09 Å². The first kappa shape index (κ1) is 27.7. The van der Waals surface area contributed by atoms with Crippen molar-refractivity contribution in [3.05, 3.63) is 52.2 Å². The molecular formula is C32H39N5O4S. The first-order valence-electron chi connectivity index (χ1n) is 15.3. The number of pyridine rings is 1. The van der Waals surface area contributed by atoms with Crippen LogP contribution < -0.4 is 10.6 Å². The van der Waals surface area contributed by atoms with E-state index < -0.39 is 5.91 Å². The van der Waals surface area contributed by atoms with Crippen molar-refractivity contribution in [2.24, 2.45) is 17.1 Å². The van der Waals surface area contributed by atoms with Gasteiger partial charge in [-0.1, -0.05) is 30.4 Å². The molecule has 0 spiro atoms. The number of primary amides is 1. The minimum absolute atomic E-state index is 0.191. The number of aliphatic hydroxyl groups excluding tert-OH is 1. The molecule has 4 aliphatic rings. The molecule has 10 heteroatoms. The average molecular weight is 590 g/mol. The van der Waals surface area contributed by atoms with Crippen LogP contribution >= 0.6 is 11.3 Å². The number of cyclic esters (lactones) is 1. The second kappa shape index (κ2) is 10.9. The van der Waals surface area contributed by atoms with Crippen LogP contribution in [-0.4, -0.2) is 70.9 Å². The van der Waals surface area contributed by atoms with Gasteiger partial charge in [-0.2, -0.15) is 0 Å². The lowest BCUT2D eigenvalue weighted by Crippen LogP contribution is -2.37. The zero-order valence-electron chi connectivity index (χ0n) is 24.1. The first-order valence-corrected chi connectivity index (χ1v) is 16.1. The van der Waals surface area contributed by atoms with Crippen LogP contribution in [0.2, 0.25) is 0 Å². The Hall–Kier alpha value is -3.08. The highest BCUT2D eigenvalue weighted by molar-refractivity contribution is 7.19. The van der Waals surface area contributed by atoms with Crippen LogP contribution in [0.25, 0.3) is 10.3 Å². The number of hydrogen-bond donors (Lipinski definition) is 2. The minimum atomic E-state index is -0.512. The number of hydrogen-bond acceptors (Lipinski definition) is 8. The summed E-state index contributed by atoms with van der Waals surface area (Å²) in [4.78, 5) is 38.8. The molecule has 222 valence electrons. The molecule has 2 unspecified atom stereocenters. The number of anilines is 1. The summed E-state index contributed by atoms with van der Waals surface area (Å²) in [5.41, 5.74) is 11.2. The van der Waals surface area contributed by atoms with Gasteiger partial charge in [-0.05, 0) is 98.1 Å². The van der Waals surface area contributed by atoms with Crippen molar-refractivity contribution in [1.82, 2.24) is 14.9 Å². The van der Waals surface area contributed by atoms with Crippen molar-refractivity contribution >= 4 is 39.4 Å². The molecule has 1 saturated carbocycles. The monoisotopic (exact) mass is 589 g/mol. The second-order valence-corrected chi connectivity index (χ2v) is 13.9. The van der Waals surface area contributed by atoms with E-state index in [4.69, 9.17) is 15.5 Å². The number of thiazole rings is 1. The van der Waals surface area contributed by atoms with Gasteiger partial charge in [-0.3, -0.25) is 9.69 Å². The summed E-state index contributed by atoms with van der Waals surface area (Å²) in [5, 5.41) is 10.4. The summed E-state index contributed by atoms with van der Waals surface area (Å²) >= 11 is 1.28. The Balaban J connectivity index is 1.26. The number of aromatic nitrogens is 2. The number of carbonyl (C=O) groups is 2. The highest BCUT2D eigenvalue weighted by Gasteiger charge is 2.48. The number of amides is 2. The number of fused-ring (bicyclic) bond motifs is 2. The lowest BCUT2D eigenvalue weighted by atomic mass is 9.67. The Kier molecular flexibility index (Phi) is 7.19. The maximum absolute atomic E-state index is 12.2. The number of aliphatic hydroxyl groups is 1. The summed E-state index contributed by atoms with van der Waals surface area (Å²) < 4.78 is 5.17. The molecule has 3 N–H and O–H groups in total. The molecule has 2 aliphatic heterocycles. The minimum Gasteiger partial charge on any atom is -0.447 e. The Morgan fingerprint density at radius 2 is 1.95 bits per heavy atom. The summed E-state index contributed by atoms with van der Waals surface area (Å²) in [5.74, 6) is 0.503. The number of ether oxygens (including phenoxy) is 1. The SMILES string of the molecule is CC1(C2Cc3cc4nc(C(N)=O)sc4nc3C([C@@H](CCN3CCC(O)CC3)c3ccc(N4CCOC4=O)cc3)C2)CC1. The number of likely N-dealkylation sites (tertiary alicyclic amines) is 1. The fourth-order valence-electron chi connectivity index (χ4n) is 7.36. The first-order chi connectivity index (χ1) is 20.3. The third-order valence-electron chi connectivity index (χ3n) is 10.3. The Labute approximate surface area is 250 Å². The van der Waals surface area contributed by atoms with E-state index >= 15 is 0 Å². The van der Waals surface area contributed by atoms with Gasteiger partial charge < -0.3 is 20.5 Å². The summed E-state index contributed by atoms with van der Waals surface area (Å²) in [6.45, 7) is 6.21. The largest absolute Gasteiger partial charge is 0.447 e. The van der Waals surface area contributed by atoms with E-state index in [-0.39, 0.29) is 24.0 Å². The number of nitrogens with zero attached hydrogens (tertiary/aromatic N) is 4. The van der Waals surface area contributed by atoms with Gasteiger partial charge in [0.05, 0.1) is 12.6 Å². The molecule has 7 rings (SSSR count). The molecule has 2 aromatic heterocycles. The van der Waals surface area contributed by atoms with Gasteiger partial charge in [-0.15, -0.1) is 0 Å². The Bertz CT molecular complexity index is 1490. The number of nitrogens with two attached hydrogens (primary N) is 1. The predicted octanol–water partition coefficient (Wildman–Crippen LogP) is 4.82. The van der Waals surface area contributed by atoms with Crippen LogP contribution in [0, 0.1) is 11.3 Å². The molecule has 9 nitrogen and oxygen atoms in total. The van der Waals surface area contributed by atoms with E-state index in [1.54, 1.807) is 4.90 Å². The maximum atomic E-state index is 12.2. The molecule has 2 aliphatic carbocycles. The topological polar surface area (TPSA) is 122 Å². The second-order valence-electron chi connectivity index (χ2n) is 13.0. The summed E-state index contributed by atoms with van der Waals surface area (Å²) in [6.07, 6.45) is 6.73. The molecule has 0 radical (unpaired) electrons. The Morgan fingerprint density at radius 3 is 2.62 bits per heavy atom. The molecule has 2 saturated heterocycles. The molecule has 1 aromatic carbocycles. The molecule has 4 heterocycles. The molecular weight excluding hydrogens is 550 g/mol. The van der Waals surface area contributed by atoms with Crippen LogP contribution in [0.5, 0.6) is 0 Å². The van der Waals surface area contributed by atoms with Crippen LogP contribution in [-0.2, 0) is 11.2 Å². The van der Waals surface area contributed by atoms with Crippen molar-refractivity contribution in [1.29, 1.82) is 0 Å². The van der Waals surface area contributed by atoms with Crippen LogP contribution in [0.1, 0.15) is 83.9 Å². The lowest BCUT2D eigenvalue weighted by molar-refractivity contribution is 0.0802. The molecule has 0 bridgehead atoms. The fourth-order valence-corrected chi connectivity index (χ4v) is 8.14. The lowest BCUT2D eigenvalue weighted by Gasteiger charge is -2.39. The van der Waals surface area contributed by atoms with E-state index in [0.29, 0.717) is 29.5 Å². The maximum Gasteiger partial charge on any atom is 0.414 e. The van der Waals surface area contributed by atoms with Gasteiger partial charge in [-0.25, -0.2) is 14.8 Å². The van der Waals surface area contributed by atoms with E-state index in [0.717, 1.165) is 73.5 Å². The van der Waals surface area contributed by atoms with Crippen molar-refractivity contribution in [3.8, 4) is 0 Å². The van der Waals surface area contributed by atoms with E-state index in [2.05, 4.69) is 47.1 Å². The van der Waals surface area contributed by atoms with Gasteiger partial charge in [0.15, 0.2) is 5.01 Å². The van der Waals surface area contributed by atoms with Crippen molar-refractivity contribution in [2.75, 3.05) is 37.7 Å². The van der Waals surface area contributed by atoms with Crippen molar-refractivity contribution in [2.45, 2.75) is 69.8 Å². The number of piperidine rings is 1. The fraction of sp³-hybridized carbons (Fsp3) is 0.562. The summed E-state index contributed by atoms with van der Waals surface area (Å²) in [7, 11) is 0. The highest BCUT2D eigenvalue weighted by atomic mass is 32.1.